The lowest BCUT2D eigenvalue weighted by atomic mass is 10.1. The second-order valence-corrected chi connectivity index (χ2v) is 8.65. The normalized spacial score (nSPS) is 14.7. The van der Waals surface area contributed by atoms with Crippen LogP contribution in [0.4, 0.5) is 5.69 Å². The lowest BCUT2D eigenvalue weighted by Crippen LogP contribution is -2.28. The Morgan fingerprint density at radius 1 is 1.00 bits per heavy atom. The van der Waals surface area contributed by atoms with Gasteiger partial charge in [-0.3, -0.25) is 9.69 Å². The first-order valence-electron chi connectivity index (χ1n) is 9.77. The molecule has 32 heavy (non-hydrogen) atoms. The third kappa shape index (κ3) is 4.44. The van der Waals surface area contributed by atoms with E-state index in [0.29, 0.717) is 26.3 Å². The molecule has 1 saturated heterocycles. The van der Waals surface area contributed by atoms with Crippen molar-refractivity contribution in [2.45, 2.75) is 6.92 Å². The number of carbonyl (C=O) groups excluding carboxylic acids is 2. The molecule has 4 rings (SSSR count). The van der Waals surface area contributed by atoms with Crippen molar-refractivity contribution in [1.82, 2.24) is 0 Å². The molecule has 1 amide bonds. The number of thioether (sulfide) groups is 1. The van der Waals surface area contributed by atoms with Gasteiger partial charge in [-0.2, -0.15) is 0 Å². The fourth-order valence-corrected chi connectivity index (χ4v) is 4.52. The minimum absolute atomic E-state index is 0.173. The van der Waals surface area contributed by atoms with E-state index in [1.807, 2.05) is 37.3 Å². The smallest absolute Gasteiger partial charge is 0.343 e. The maximum absolute atomic E-state index is 13.0. The number of nitrogens with zero attached hydrogens (tertiary/aromatic N) is 1. The topological polar surface area (TPSA) is 55.8 Å². The molecule has 0 bridgehead atoms. The second-order valence-electron chi connectivity index (χ2n) is 6.97. The van der Waals surface area contributed by atoms with Crippen LogP contribution in [0.5, 0.6) is 11.5 Å². The molecule has 0 unspecified atom stereocenters. The molecule has 3 aromatic rings. The van der Waals surface area contributed by atoms with Gasteiger partial charge in [0.25, 0.3) is 5.91 Å². The Bertz CT molecular complexity index is 1240. The molecule has 1 heterocycles. The minimum Gasteiger partial charge on any atom is -0.493 e. The first kappa shape index (κ1) is 21.8. The van der Waals surface area contributed by atoms with Crippen LogP contribution in [0.2, 0.25) is 0 Å². The van der Waals surface area contributed by atoms with E-state index < -0.39 is 5.97 Å². The Hall–Kier alpha value is -3.42. The maximum atomic E-state index is 13.0. The van der Waals surface area contributed by atoms with E-state index in [4.69, 9.17) is 21.7 Å². The van der Waals surface area contributed by atoms with Crippen molar-refractivity contribution in [3.8, 4) is 11.5 Å². The molecule has 3 aromatic carbocycles. The summed E-state index contributed by atoms with van der Waals surface area (Å²) in [5, 5.41) is 0. The molecule has 1 fully saturated rings. The maximum Gasteiger partial charge on any atom is 0.343 e. The van der Waals surface area contributed by atoms with E-state index in [2.05, 4.69) is 0 Å². The highest BCUT2D eigenvalue weighted by Gasteiger charge is 2.34. The summed E-state index contributed by atoms with van der Waals surface area (Å²) >= 11 is 6.71. The van der Waals surface area contributed by atoms with Crippen LogP contribution in [0.25, 0.3) is 6.08 Å². The predicted octanol–water partition coefficient (Wildman–Crippen LogP) is 5.63. The van der Waals surface area contributed by atoms with Crippen LogP contribution in [-0.4, -0.2) is 23.3 Å². The highest BCUT2D eigenvalue weighted by atomic mass is 32.2. The van der Waals surface area contributed by atoms with Crippen LogP contribution in [0.15, 0.2) is 77.7 Å². The van der Waals surface area contributed by atoms with Crippen molar-refractivity contribution in [3.63, 3.8) is 0 Å². The molecule has 5 nitrogen and oxygen atoms in total. The van der Waals surface area contributed by atoms with Crippen molar-refractivity contribution >= 4 is 51.9 Å². The molecule has 0 N–H and O–H groups in total. The highest BCUT2D eigenvalue weighted by molar-refractivity contribution is 8.27. The van der Waals surface area contributed by atoms with Gasteiger partial charge in [0.2, 0.25) is 0 Å². The molecule has 1 aliphatic rings. The van der Waals surface area contributed by atoms with Gasteiger partial charge in [-0.1, -0.05) is 66.4 Å². The van der Waals surface area contributed by atoms with Gasteiger partial charge in [0, 0.05) is 0 Å². The van der Waals surface area contributed by atoms with Crippen molar-refractivity contribution in [1.29, 1.82) is 0 Å². The zero-order valence-corrected chi connectivity index (χ0v) is 19.0. The van der Waals surface area contributed by atoms with Gasteiger partial charge in [0.05, 0.1) is 23.3 Å². The van der Waals surface area contributed by atoms with Gasteiger partial charge < -0.3 is 9.47 Å². The summed E-state index contributed by atoms with van der Waals surface area (Å²) in [5.74, 6) is 0.0342. The molecule has 0 aliphatic carbocycles. The molecule has 0 aromatic heterocycles. The molecular formula is C25H19NO4S2. The van der Waals surface area contributed by atoms with Gasteiger partial charge in [0.1, 0.15) is 0 Å². The summed E-state index contributed by atoms with van der Waals surface area (Å²) in [7, 11) is 1.50. The van der Waals surface area contributed by atoms with E-state index in [1.165, 1.54) is 18.9 Å². The molecular weight excluding hydrogens is 442 g/mol. The van der Waals surface area contributed by atoms with Crippen LogP contribution in [-0.2, 0) is 4.79 Å². The van der Waals surface area contributed by atoms with Crippen LogP contribution in [0, 0.1) is 6.92 Å². The molecule has 160 valence electrons. The molecule has 0 radical (unpaired) electrons. The summed E-state index contributed by atoms with van der Waals surface area (Å²) in [6.07, 6.45) is 1.75. The van der Waals surface area contributed by atoms with Crippen LogP contribution >= 0.6 is 24.0 Å². The molecule has 1 aliphatic heterocycles. The van der Waals surface area contributed by atoms with Crippen molar-refractivity contribution in [3.05, 3.63) is 94.4 Å². The number of ether oxygens (including phenoxy) is 2. The van der Waals surface area contributed by atoms with E-state index in [1.54, 1.807) is 53.4 Å². The van der Waals surface area contributed by atoms with Crippen molar-refractivity contribution < 1.29 is 19.1 Å². The number of carbonyl (C=O) groups is 2. The van der Waals surface area contributed by atoms with Gasteiger partial charge in [0.15, 0.2) is 15.8 Å². The standard InChI is InChI=1S/C25H19NO4S2/c1-16-8-6-7-11-19(16)26-23(27)22(32-25(26)31)15-17-12-13-20(21(14-17)29-2)30-24(28)18-9-4-3-5-10-18/h3-15H,1-2H3. The number of para-hydroxylation sites is 1. The fourth-order valence-electron chi connectivity index (χ4n) is 3.23. The van der Waals surface area contributed by atoms with Crippen LogP contribution in [0.3, 0.4) is 0 Å². The van der Waals surface area contributed by atoms with E-state index >= 15 is 0 Å². The third-order valence-electron chi connectivity index (χ3n) is 4.85. The number of thiocarbonyl (C=S) groups is 1. The number of methoxy groups -OCH3 is 1. The van der Waals surface area contributed by atoms with Gasteiger partial charge in [-0.05, 0) is 54.5 Å². The number of aryl methyl sites for hydroxylation is 1. The fraction of sp³-hybridized carbons (Fsp3) is 0.0800. The number of esters is 1. The number of amides is 1. The van der Waals surface area contributed by atoms with E-state index in [9.17, 15) is 9.59 Å². The first-order valence-corrected chi connectivity index (χ1v) is 11.0. The minimum atomic E-state index is -0.476. The quantitative estimate of drug-likeness (QED) is 0.212. The predicted molar refractivity (Wildman–Crippen MR) is 131 cm³/mol. The summed E-state index contributed by atoms with van der Waals surface area (Å²) in [4.78, 5) is 27.5. The van der Waals surface area contributed by atoms with Crippen molar-refractivity contribution in [2.24, 2.45) is 0 Å². The Morgan fingerprint density at radius 2 is 1.72 bits per heavy atom. The van der Waals surface area contributed by atoms with Crippen LogP contribution in [0.1, 0.15) is 21.5 Å². The second kappa shape index (κ2) is 9.38. The Balaban J connectivity index is 1.58. The highest BCUT2D eigenvalue weighted by Crippen LogP contribution is 2.38. The summed E-state index contributed by atoms with van der Waals surface area (Å²) in [6, 6.07) is 21.5. The Kier molecular flexibility index (Phi) is 6.39. The van der Waals surface area contributed by atoms with Gasteiger partial charge in [-0.15, -0.1) is 0 Å². The number of anilines is 1. The molecule has 0 saturated carbocycles. The molecule has 0 spiro atoms. The zero-order valence-electron chi connectivity index (χ0n) is 17.4. The monoisotopic (exact) mass is 461 g/mol. The lowest BCUT2D eigenvalue weighted by molar-refractivity contribution is -0.113. The molecule has 0 atom stereocenters. The summed E-state index contributed by atoms with van der Waals surface area (Å²) < 4.78 is 11.4. The average molecular weight is 462 g/mol. The number of benzene rings is 3. The van der Waals surface area contributed by atoms with Gasteiger partial charge in [-0.25, -0.2) is 4.79 Å². The average Bonchev–Trinajstić information content (AvgIpc) is 3.08. The van der Waals surface area contributed by atoms with E-state index in [0.717, 1.165) is 16.8 Å². The number of hydrogen-bond acceptors (Lipinski definition) is 6. The molecule has 7 heteroatoms. The summed E-state index contributed by atoms with van der Waals surface area (Å²) in [6.45, 7) is 1.94. The number of hydrogen-bond donors (Lipinski definition) is 0. The lowest BCUT2D eigenvalue weighted by Gasteiger charge is -2.16. The number of rotatable bonds is 5. The zero-order chi connectivity index (χ0) is 22.7. The SMILES string of the molecule is COc1cc(C=C2SC(=S)N(c3ccccc3C)C2=O)ccc1OC(=O)c1ccccc1. The van der Waals surface area contributed by atoms with E-state index in [-0.39, 0.29) is 5.91 Å². The van der Waals surface area contributed by atoms with Crippen LogP contribution < -0.4 is 14.4 Å². The summed E-state index contributed by atoms with van der Waals surface area (Å²) in [5.41, 5.74) is 2.92. The Labute approximate surface area is 195 Å². The van der Waals surface area contributed by atoms with Crippen molar-refractivity contribution in [2.75, 3.05) is 12.0 Å². The largest absolute Gasteiger partial charge is 0.493 e. The Morgan fingerprint density at radius 3 is 2.44 bits per heavy atom. The third-order valence-corrected chi connectivity index (χ3v) is 6.15. The first-order chi connectivity index (χ1) is 15.5. The van der Waals surface area contributed by atoms with Gasteiger partial charge >= 0.3 is 5.97 Å².